The summed E-state index contributed by atoms with van der Waals surface area (Å²) in [5, 5.41) is 1.18. The summed E-state index contributed by atoms with van der Waals surface area (Å²) in [4.78, 5) is 4.74. The van der Waals surface area contributed by atoms with Crippen LogP contribution < -0.4 is 10.5 Å². The highest BCUT2D eigenvalue weighted by Crippen LogP contribution is 2.32. The lowest BCUT2D eigenvalue weighted by atomic mass is 9.93. The van der Waals surface area contributed by atoms with Gasteiger partial charge in [0.1, 0.15) is 11.3 Å². The van der Waals surface area contributed by atoms with Crippen LogP contribution in [-0.4, -0.2) is 18.1 Å². The molecule has 0 spiro atoms. The van der Waals surface area contributed by atoms with Crippen LogP contribution in [0.1, 0.15) is 32.2 Å². The van der Waals surface area contributed by atoms with Gasteiger partial charge in [-0.1, -0.05) is 26.8 Å². The average Bonchev–Trinajstić information content (AvgIpc) is 2.69. The van der Waals surface area contributed by atoms with Gasteiger partial charge in [-0.15, -0.1) is 11.3 Å². The third-order valence-corrected chi connectivity index (χ3v) is 3.73. The molecule has 0 unspecified atom stereocenters. The normalized spacial score (nSPS) is 12.0. The first-order valence-electron chi connectivity index (χ1n) is 6.71. The fourth-order valence-electron chi connectivity index (χ4n) is 1.88. The molecule has 0 saturated carbocycles. The molecule has 0 aliphatic heterocycles. The van der Waals surface area contributed by atoms with Crippen LogP contribution in [0, 0.1) is 5.41 Å². The number of ether oxygens (including phenoxy) is 1. The van der Waals surface area contributed by atoms with E-state index in [-0.39, 0.29) is 5.41 Å². The summed E-state index contributed by atoms with van der Waals surface area (Å²) >= 11 is 1.76. The standard InChI is InChI=1S/C15H22N2OS/c1-15(2,3)10-13-17-14-11(18-9-5-8-16)6-4-7-12(14)19-13/h4,6-7H,5,8-10,16H2,1-3H3. The van der Waals surface area contributed by atoms with E-state index in [1.165, 1.54) is 9.71 Å². The maximum Gasteiger partial charge on any atom is 0.146 e. The molecule has 0 saturated heterocycles. The Bertz CT molecular complexity index is 543. The zero-order valence-corrected chi connectivity index (χ0v) is 12.7. The maximum absolute atomic E-state index is 5.77. The topological polar surface area (TPSA) is 48.1 Å². The zero-order chi connectivity index (χ0) is 13.9. The van der Waals surface area contributed by atoms with E-state index in [1.807, 2.05) is 12.1 Å². The predicted molar refractivity (Wildman–Crippen MR) is 81.9 cm³/mol. The van der Waals surface area contributed by atoms with Crippen LogP contribution in [0.3, 0.4) is 0 Å². The van der Waals surface area contributed by atoms with E-state index in [2.05, 4.69) is 26.8 Å². The number of rotatable bonds is 5. The van der Waals surface area contributed by atoms with Crippen molar-refractivity contribution in [1.29, 1.82) is 0 Å². The third kappa shape index (κ3) is 3.91. The Hall–Kier alpha value is -1.13. The molecule has 2 N–H and O–H groups in total. The average molecular weight is 278 g/mol. The second kappa shape index (κ2) is 5.88. The van der Waals surface area contributed by atoms with Gasteiger partial charge in [0.2, 0.25) is 0 Å². The largest absolute Gasteiger partial charge is 0.491 e. The number of benzene rings is 1. The molecule has 104 valence electrons. The van der Waals surface area contributed by atoms with Gasteiger partial charge in [-0.25, -0.2) is 4.98 Å². The number of aromatic nitrogens is 1. The van der Waals surface area contributed by atoms with Gasteiger partial charge in [0, 0.05) is 6.42 Å². The lowest BCUT2D eigenvalue weighted by molar-refractivity contribution is 0.316. The number of thiazole rings is 1. The van der Waals surface area contributed by atoms with Crippen LogP contribution in [0.4, 0.5) is 0 Å². The Morgan fingerprint density at radius 3 is 2.79 bits per heavy atom. The molecule has 0 radical (unpaired) electrons. The van der Waals surface area contributed by atoms with Crippen LogP contribution in [0.2, 0.25) is 0 Å². The van der Waals surface area contributed by atoms with Crippen molar-refractivity contribution in [3.05, 3.63) is 23.2 Å². The quantitative estimate of drug-likeness (QED) is 0.850. The van der Waals surface area contributed by atoms with Crippen molar-refractivity contribution < 1.29 is 4.74 Å². The van der Waals surface area contributed by atoms with Crippen LogP contribution in [0.5, 0.6) is 5.75 Å². The SMILES string of the molecule is CC(C)(C)Cc1nc2c(OCCCN)cccc2s1. The molecule has 1 aromatic carbocycles. The molecule has 4 heteroatoms. The van der Waals surface area contributed by atoms with Crippen molar-refractivity contribution in [2.24, 2.45) is 11.1 Å². The van der Waals surface area contributed by atoms with E-state index in [0.29, 0.717) is 13.2 Å². The molecule has 0 bridgehead atoms. The number of para-hydroxylation sites is 1. The molecule has 1 heterocycles. The number of hydrogen-bond acceptors (Lipinski definition) is 4. The van der Waals surface area contributed by atoms with Gasteiger partial charge < -0.3 is 10.5 Å². The monoisotopic (exact) mass is 278 g/mol. The maximum atomic E-state index is 5.77. The van der Waals surface area contributed by atoms with Crippen LogP contribution >= 0.6 is 11.3 Å². The number of nitrogens with zero attached hydrogens (tertiary/aromatic N) is 1. The summed E-state index contributed by atoms with van der Waals surface area (Å²) < 4.78 is 6.97. The van der Waals surface area contributed by atoms with Crippen LogP contribution in [-0.2, 0) is 6.42 Å². The summed E-state index contributed by atoms with van der Waals surface area (Å²) in [6.45, 7) is 8.01. The van der Waals surface area contributed by atoms with Gasteiger partial charge in [0.25, 0.3) is 0 Å². The first kappa shape index (κ1) is 14.3. The predicted octanol–water partition coefficient (Wildman–Crippen LogP) is 3.61. The van der Waals surface area contributed by atoms with Crippen molar-refractivity contribution >= 4 is 21.6 Å². The van der Waals surface area contributed by atoms with Crippen LogP contribution in [0.25, 0.3) is 10.2 Å². The van der Waals surface area contributed by atoms with E-state index in [0.717, 1.165) is 24.1 Å². The van der Waals surface area contributed by atoms with E-state index in [1.54, 1.807) is 11.3 Å². The third-order valence-electron chi connectivity index (χ3n) is 2.71. The first-order valence-corrected chi connectivity index (χ1v) is 7.52. The lowest BCUT2D eigenvalue weighted by Crippen LogP contribution is -2.08. The molecule has 1 aromatic heterocycles. The molecule has 0 atom stereocenters. The highest BCUT2D eigenvalue weighted by Gasteiger charge is 2.16. The van der Waals surface area contributed by atoms with Crippen LogP contribution in [0.15, 0.2) is 18.2 Å². The highest BCUT2D eigenvalue weighted by molar-refractivity contribution is 7.18. The van der Waals surface area contributed by atoms with Gasteiger partial charge in [0.05, 0.1) is 16.3 Å². The summed E-state index contributed by atoms with van der Waals surface area (Å²) in [7, 11) is 0. The summed E-state index contributed by atoms with van der Waals surface area (Å²) in [6.07, 6.45) is 1.87. The van der Waals surface area contributed by atoms with Gasteiger partial charge in [0.15, 0.2) is 0 Å². The van der Waals surface area contributed by atoms with Crippen molar-refractivity contribution in [3.63, 3.8) is 0 Å². The Balaban J connectivity index is 2.23. The molecule has 3 nitrogen and oxygen atoms in total. The Kier molecular flexibility index (Phi) is 4.42. The van der Waals surface area contributed by atoms with Gasteiger partial charge in [-0.3, -0.25) is 0 Å². The Labute approximate surface area is 118 Å². The van der Waals surface area contributed by atoms with E-state index >= 15 is 0 Å². The Morgan fingerprint density at radius 1 is 1.32 bits per heavy atom. The minimum atomic E-state index is 0.258. The smallest absolute Gasteiger partial charge is 0.146 e. The minimum Gasteiger partial charge on any atom is -0.491 e. The second-order valence-corrected chi connectivity index (χ2v) is 7.05. The van der Waals surface area contributed by atoms with E-state index in [9.17, 15) is 0 Å². The lowest BCUT2D eigenvalue weighted by Gasteiger charge is -2.15. The minimum absolute atomic E-state index is 0.258. The highest BCUT2D eigenvalue weighted by atomic mass is 32.1. The molecule has 2 aromatic rings. The van der Waals surface area contributed by atoms with Crippen molar-refractivity contribution in [3.8, 4) is 5.75 Å². The molecule has 0 aliphatic rings. The fourth-order valence-corrected chi connectivity index (χ4v) is 3.17. The summed E-state index contributed by atoms with van der Waals surface area (Å²) in [6, 6.07) is 6.12. The molecular formula is C15H22N2OS. The fraction of sp³-hybridized carbons (Fsp3) is 0.533. The van der Waals surface area contributed by atoms with Crippen molar-refractivity contribution in [2.45, 2.75) is 33.6 Å². The van der Waals surface area contributed by atoms with Crippen molar-refractivity contribution in [2.75, 3.05) is 13.2 Å². The van der Waals surface area contributed by atoms with Gasteiger partial charge in [-0.2, -0.15) is 0 Å². The first-order chi connectivity index (χ1) is 8.99. The molecule has 0 aliphatic carbocycles. The number of hydrogen-bond donors (Lipinski definition) is 1. The molecule has 19 heavy (non-hydrogen) atoms. The number of fused-ring (bicyclic) bond motifs is 1. The molecule has 2 rings (SSSR count). The zero-order valence-electron chi connectivity index (χ0n) is 11.9. The summed E-state index contributed by atoms with van der Waals surface area (Å²) in [5.74, 6) is 0.877. The van der Waals surface area contributed by atoms with E-state index < -0.39 is 0 Å². The Morgan fingerprint density at radius 2 is 2.11 bits per heavy atom. The molecular weight excluding hydrogens is 256 g/mol. The summed E-state index contributed by atoms with van der Waals surface area (Å²) in [5.41, 5.74) is 6.73. The number of nitrogens with two attached hydrogens (primary N) is 1. The van der Waals surface area contributed by atoms with Crippen molar-refractivity contribution in [1.82, 2.24) is 4.98 Å². The second-order valence-electron chi connectivity index (χ2n) is 5.94. The molecule has 0 amide bonds. The van der Waals surface area contributed by atoms with Gasteiger partial charge in [-0.05, 0) is 30.5 Å². The molecule has 0 fully saturated rings. The van der Waals surface area contributed by atoms with Gasteiger partial charge >= 0.3 is 0 Å². The van der Waals surface area contributed by atoms with E-state index in [4.69, 9.17) is 15.5 Å².